The van der Waals surface area contributed by atoms with E-state index in [-0.39, 0.29) is 6.04 Å². The van der Waals surface area contributed by atoms with Gasteiger partial charge in [-0.1, -0.05) is 24.3 Å². The van der Waals surface area contributed by atoms with Gasteiger partial charge in [-0.25, -0.2) is 0 Å². The highest BCUT2D eigenvalue weighted by atomic mass is 79.9. The minimum Gasteiger partial charge on any atom is -0.257 e. The summed E-state index contributed by atoms with van der Waals surface area (Å²) in [5.41, 5.74) is 3.09. The number of rotatable bonds is 3. The van der Waals surface area contributed by atoms with Crippen molar-refractivity contribution >= 4 is 38.7 Å². The summed E-state index contributed by atoms with van der Waals surface area (Å²) >= 11 is 5.33. The lowest BCUT2D eigenvalue weighted by atomic mass is 10.1. The number of hydrogen-bond acceptors (Lipinski definition) is 4. The molecule has 0 amide bonds. The predicted octanol–water partition coefficient (Wildman–Crippen LogP) is 5.26. The van der Waals surface area contributed by atoms with Gasteiger partial charge in [-0.15, -0.1) is 11.3 Å². The van der Waals surface area contributed by atoms with Crippen LogP contribution in [0.15, 0.2) is 75.7 Å². The highest BCUT2D eigenvalue weighted by Gasteiger charge is 2.31. The molecule has 0 N–H and O–H groups in total. The molecule has 23 heavy (non-hydrogen) atoms. The molecule has 2 aromatic heterocycles. The quantitative estimate of drug-likeness (QED) is 0.616. The molecule has 0 saturated heterocycles. The van der Waals surface area contributed by atoms with Gasteiger partial charge in [0.2, 0.25) is 0 Å². The van der Waals surface area contributed by atoms with Crippen LogP contribution in [0.3, 0.4) is 0 Å². The molecule has 0 saturated carbocycles. The van der Waals surface area contributed by atoms with Crippen molar-refractivity contribution in [3.05, 3.63) is 81.2 Å². The van der Waals surface area contributed by atoms with E-state index in [0.29, 0.717) is 0 Å². The Bertz CT molecular complexity index is 830. The third kappa shape index (κ3) is 2.94. The zero-order valence-corrected chi connectivity index (χ0v) is 14.7. The number of benzene rings is 1. The second-order valence-corrected chi connectivity index (χ2v) is 7.80. The van der Waals surface area contributed by atoms with Crippen LogP contribution in [-0.2, 0) is 0 Å². The fraction of sp³-hybridized carbons (Fsp3) is 0.111. The number of hydrogen-bond donors (Lipinski definition) is 0. The Balaban J connectivity index is 1.75. The lowest BCUT2D eigenvalue weighted by Gasteiger charge is -2.22. The van der Waals surface area contributed by atoms with E-state index in [4.69, 9.17) is 5.10 Å². The lowest BCUT2D eigenvalue weighted by molar-refractivity contribution is 0.722. The summed E-state index contributed by atoms with van der Waals surface area (Å²) < 4.78 is 1.15. The Morgan fingerprint density at radius 2 is 1.83 bits per heavy atom. The van der Waals surface area contributed by atoms with Gasteiger partial charge in [0.15, 0.2) is 0 Å². The van der Waals surface area contributed by atoms with Crippen molar-refractivity contribution in [2.75, 3.05) is 5.01 Å². The normalized spacial score (nSPS) is 17.3. The van der Waals surface area contributed by atoms with Crippen LogP contribution in [0.5, 0.6) is 0 Å². The van der Waals surface area contributed by atoms with Gasteiger partial charge in [0.1, 0.15) is 0 Å². The van der Waals surface area contributed by atoms with Crippen molar-refractivity contribution in [2.24, 2.45) is 5.10 Å². The summed E-state index contributed by atoms with van der Waals surface area (Å²) in [5, 5.41) is 6.99. The molecule has 0 fully saturated rings. The third-order valence-electron chi connectivity index (χ3n) is 3.81. The average molecular weight is 384 g/mol. The second-order valence-electron chi connectivity index (χ2n) is 5.30. The van der Waals surface area contributed by atoms with Gasteiger partial charge >= 0.3 is 0 Å². The Labute approximate surface area is 147 Å². The SMILES string of the molecule is Brc1ccc(C2CC(c3ccccn3)=NN2c2ccccc2)s1. The summed E-state index contributed by atoms with van der Waals surface area (Å²) in [4.78, 5) is 5.76. The molecule has 0 aliphatic carbocycles. The lowest BCUT2D eigenvalue weighted by Crippen LogP contribution is -2.17. The summed E-state index contributed by atoms with van der Waals surface area (Å²) in [6.45, 7) is 0. The minimum absolute atomic E-state index is 0.214. The molecule has 1 atom stereocenters. The molecule has 1 aliphatic rings. The molecule has 1 aliphatic heterocycles. The first kappa shape index (κ1) is 14.6. The van der Waals surface area contributed by atoms with Crippen LogP contribution in [0.25, 0.3) is 0 Å². The van der Waals surface area contributed by atoms with Crippen LogP contribution in [0.1, 0.15) is 23.0 Å². The maximum atomic E-state index is 4.87. The van der Waals surface area contributed by atoms with E-state index >= 15 is 0 Å². The van der Waals surface area contributed by atoms with Crippen LogP contribution in [0.4, 0.5) is 5.69 Å². The van der Waals surface area contributed by atoms with Gasteiger partial charge in [-0.05, 0) is 52.3 Å². The zero-order valence-electron chi connectivity index (χ0n) is 12.3. The molecule has 1 unspecified atom stereocenters. The molecule has 4 rings (SSSR count). The second kappa shape index (κ2) is 6.26. The fourth-order valence-electron chi connectivity index (χ4n) is 2.75. The molecule has 5 heteroatoms. The number of nitrogens with zero attached hydrogens (tertiary/aromatic N) is 3. The van der Waals surface area contributed by atoms with Crippen LogP contribution < -0.4 is 5.01 Å². The highest BCUT2D eigenvalue weighted by molar-refractivity contribution is 9.11. The first-order valence-electron chi connectivity index (χ1n) is 7.39. The minimum atomic E-state index is 0.214. The molecule has 114 valence electrons. The standard InChI is InChI=1S/C18H14BrN3S/c19-18-10-9-17(23-18)16-12-15(14-8-4-5-11-20-14)21-22(16)13-6-2-1-3-7-13/h1-11,16H,12H2. The van der Waals surface area contributed by atoms with E-state index in [1.54, 1.807) is 11.3 Å². The maximum Gasteiger partial charge on any atom is 0.0924 e. The van der Waals surface area contributed by atoms with Gasteiger partial charge in [0, 0.05) is 17.5 Å². The molecular formula is C18H14BrN3S. The molecule has 0 radical (unpaired) electrons. The van der Waals surface area contributed by atoms with Crippen molar-refractivity contribution in [3.63, 3.8) is 0 Å². The van der Waals surface area contributed by atoms with Crippen molar-refractivity contribution in [1.82, 2.24) is 4.98 Å². The van der Waals surface area contributed by atoms with E-state index in [0.717, 1.165) is 27.3 Å². The van der Waals surface area contributed by atoms with Crippen LogP contribution in [0, 0.1) is 0 Å². The van der Waals surface area contributed by atoms with Gasteiger partial charge < -0.3 is 0 Å². The predicted molar refractivity (Wildman–Crippen MR) is 99.1 cm³/mol. The van der Waals surface area contributed by atoms with E-state index in [1.807, 2.05) is 42.6 Å². The zero-order chi connectivity index (χ0) is 15.6. The van der Waals surface area contributed by atoms with Gasteiger partial charge in [0.05, 0.1) is 26.9 Å². The van der Waals surface area contributed by atoms with Crippen molar-refractivity contribution in [3.8, 4) is 0 Å². The fourth-order valence-corrected chi connectivity index (χ4v) is 4.26. The summed E-state index contributed by atoms with van der Waals surface area (Å²) in [6.07, 6.45) is 2.68. The third-order valence-corrected chi connectivity index (χ3v) is 5.54. The number of para-hydroxylation sites is 1. The smallest absolute Gasteiger partial charge is 0.0924 e. The summed E-state index contributed by atoms with van der Waals surface area (Å²) in [6, 6.07) is 20.8. The Morgan fingerprint density at radius 1 is 1.00 bits per heavy atom. The molecule has 3 nitrogen and oxygen atoms in total. The molecule has 3 aromatic rings. The highest BCUT2D eigenvalue weighted by Crippen LogP contribution is 2.40. The van der Waals surface area contributed by atoms with Crippen LogP contribution in [0.2, 0.25) is 0 Å². The Kier molecular flexibility index (Phi) is 3.97. The Hall–Kier alpha value is -1.98. The van der Waals surface area contributed by atoms with Crippen molar-refractivity contribution < 1.29 is 0 Å². The number of pyridine rings is 1. The Morgan fingerprint density at radius 3 is 2.52 bits per heavy atom. The maximum absolute atomic E-state index is 4.87. The number of thiophene rings is 1. The average Bonchev–Trinajstić information content (AvgIpc) is 3.23. The topological polar surface area (TPSA) is 28.5 Å². The summed E-state index contributed by atoms with van der Waals surface area (Å²) in [7, 11) is 0. The molecular weight excluding hydrogens is 370 g/mol. The molecule has 1 aromatic carbocycles. The number of halogens is 1. The van der Waals surface area contributed by atoms with Gasteiger partial charge in [0.25, 0.3) is 0 Å². The van der Waals surface area contributed by atoms with Gasteiger partial charge in [-0.3, -0.25) is 9.99 Å². The van der Waals surface area contributed by atoms with Crippen LogP contribution >= 0.6 is 27.3 Å². The van der Waals surface area contributed by atoms with Crippen molar-refractivity contribution in [1.29, 1.82) is 0 Å². The first-order valence-corrected chi connectivity index (χ1v) is 9.00. The van der Waals surface area contributed by atoms with Crippen LogP contribution in [-0.4, -0.2) is 10.7 Å². The van der Waals surface area contributed by atoms with E-state index < -0.39 is 0 Å². The molecule has 0 spiro atoms. The number of aromatic nitrogens is 1. The van der Waals surface area contributed by atoms with Gasteiger partial charge in [-0.2, -0.15) is 5.10 Å². The summed E-state index contributed by atoms with van der Waals surface area (Å²) in [5.74, 6) is 0. The van der Waals surface area contributed by atoms with E-state index in [1.165, 1.54) is 4.88 Å². The molecule has 0 bridgehead atoms. The van der Waals surface area contributed by atoms with Crippen molar-refractivity contribution in [2.45, 2.75) is 12.5 Å². The molecule has 3 heterocycles. The number of hydrazone groups is 1. The monoisotopic (exact) mass is 383 g/mol. The first-order chi connectivity index (χ1) is 11.3. The number of anilines is 1. The van der Waals surface area contributed by atoms with E-state index in [2.05, 4.69) is 50.2 Å². The van der Waals surface area contributed by atoms with E-state index in [9.17, 15) is 0 Å². The largest absolute Gasteiger partial charge is 0.257 e.